The minimum atomic E-state index is -1.52. The molecule has 0 fully saturated rings. The van der Waals surface area contributed by atoms with Gasteiger partial charge in [0.1, 0.15) is 12.4 Å². The molecule has 0 aliphatic heterocycles. The number of aryl methyl sites for hydroxylation is 1. The maximum Gasteiger partial charge on any atom is 0.492 e. The third-order valence-electron chi connectivity index (χ3n) is 3.02. The van der Waals surface area contributed by atoms with E-state index in [1.165, 1.54) is 5.56 Å². The Hall–Kier alpha value is -1.78. The molecular weight excluding hydrogens is 239 g/mol. The summed E-state index contributed by atoms with van der Waals surface area (Å²) in [6, 6.07) is 15.1. The standard InChI is InChI=1S/C15H17BO3/c1-2-12-7-9-13(10-8-12)11-19-15-6-4-3-5-14(15)16(17)18/h3-10,17-18H,2,11H2,1H3. The maximum atomic E-state index is 9.25. The van der Waals surface area contributed by atoms with Gasteiger partial charge in [0.15, 0.2) is 0 Å². The largest absolute Gasteiger partial charge is 0.492 e. The van der Waals surface area contributed by atoms with Gasteiger partial charge in [-0.25, -0.2) is 0 Å². The Morgan fingerprint density at radius 3 is 2.21 bits per heavy atom. The fourth-order valence-corrected chi connectivity index (χ4v) is 1.86. The van der Waals surface area contributed by atoms with Crippen LogP contribution in [-0.4, -0.2) is 17.2 Å². The normalized spacial score (nSPS) is 10.3. The Bertz CT molecular complexity index is 523. The lowest BCUT2D eigenvalue weighted by molar-refractivity contribution is 0.306. The second-order valence-electron chi connectivity index (χ2n) is 4.37. The molecule has 2 rings (SSSR count). The summed E-state index contributed by atoms with van der Waals surface area (Å²) < 4.78 is 5.64. The van der Waals surface area contributed by atoms with Crippen LogP contribution in [0.3, 0.4) is 0 Å². The molecule has 0 saturated carbocycles. The van der Waals surface area contributed by atoms with Crippen molar-refractivity contribution < 1.29 is 14.8 Å². The molecule has 19 heavy (non-hydrogen) atoms. The summed E-state index contributed by atoms with van der Waals surface area (Å²) in [6.07, 6.45) is 1.01. The monoisotopic (exact) mass is 256 g/mol. The Kier molecular flexibility index (Phi) is 4.60. The summed E-state index contributed by atoms with van der Waals surface area (Å²) >= 11 is 0. The summed E-state index contributed by atoms with van der Waals surface area (Å²) in [5.41, 5.74) is 2.72. The Morgan fingerprint density at radius 2 is 1.58 bits per heavy atom. The molecule has 0 aliphatic carbocycles. The van der Waals surface area contributed by atoms with Crippen LogP contribution in [-0.2, 0) is 13.0 Å². The highest BCUT2D eigenvalue weighted by Gasteiger charge is 2.16. The minimum Gasteiger partial charge on any atom is -0.489 e. The van der Waals surface area contributed by atoms with Crippen molar-refractivity contribution in [2.24, 2.45) is 0 Å². The van der Waals surface area contributed by atoms with Crippen molar-refractivity contribution in [1.82, 2.24) is 0 Å². The van der Waals surface area contributed by atoms with Crippen molar-refractivity contribution in [2.45, 2.75) is 20.0 Å². The van der Waals surface area contributed by atoms with Gasteiger partial charge in [0.2, 0.25) is 0 Å². The molecule has 2 aromatic rings. The molecule has 3 nitrogen and oxygen atoms in total. The minimum absolute atomic E-state index is 0.382. The first-order valence-electron chi connectivity index (χ1n) is 6.36. The van der Waals surface area contributed by atoms with Crippen molar-refractivity contribution in [2.75, 3.05) is 0 Å². The fraction of sp³-hybridized carbons (Fsp3) is 0.200. The van der Waals surface area contributed by atoms with E-state index in [2.05, 4.69) is 19.1 Å². The van der Waals surface area contributed by atoms with Crippen molar-refractivity contribution in [1.29, 1.82) is 0 Å². The molecule has 0 radical (unpaired) electrons. The second kappa shape index (κ2) is 6.41. The van der Waals surface area contributed by atoms with Crippen LogP contribution in [0.4, 0.5) is 0 Å². The molecule has 98 valence electrons. The SMILES string of the molecule is CCc1ccc(COc2ccccc2B(O)O)cc1. The van der Waals surface area contributed by atoms with Crippen molar-refractivity contribution in [3.8, 4) is 5.75 Å². The summed E-state index contributed by atoms with van der Waals surface area (Å²) in [6.45, 7) is 2.53. The molecule has 0 aliphatic rings. The summed E-state index contributed by atoms with van der Waals surface area (Å²) in [5, 5.41) is 18.5. The van der Waals surface area contributed by atoms with Crippen molar-refractivity contribution in [3.05, 3.63) is 59.7 Å². The summed E-state index contributed by atoms with van der Waals surface area (Å²) in [7, 11) is -1.52. The van der Waals surface area contributed by atoms with E-state index in [1.54, 1.807) is 24.3 Å². The first-order chi connectivity index (χ1) is 9.20. The Balaban J connectivity index is 2.05. The lowest BCUT2D eigenvalue weighted by atomic mass is 9.79. The fourth-order valence-electron chi connectivity index (χ4n) is 1.86. The molecular formula is C15H17BO3. The number of hydrogen-bond acceptors (Lipinski definition) is 3. The molecule has 0 aromatic heterocycles. The quantitative estimate of drug-likeness (QED) is 0.797. The molecule has 0 amide bonds. The predicted molar refractivity (Wildman–Crippen MR) is 76.4 cm³/mol. The highest BCUT2D eigenvalue weighted by atomic mass is 16.5. The van der Waals surface area contributed by atoms with Crippen LogP contribution >= 0.6 is 0 Å². The van der Waals surface area contributed by atoms with Crippen LogP contribution in [0.25, 0.3) is 0 Å². The highest BCUT2D eigenvalue weighted by Crippen LogP contribution is 2.11. The maximum absolute atomic E-state index is 9.25. The molecule has 0 saturated heterocycles. The van der Waals surface area contributed by atoms with Crippen LogP contribution in [0.2, 0.25) is 0 Å². The molecule has 2 aromatic carbocycles. The van der Waals surface area contributed by atoms with Gasteiger partial charge in [0, 0.05) is 5.46 Å². The zero-order valence-corrected chi connectivity index (χ0v) is 10.9. The van der Waals surface area contributed by atoms with E-state index in [9.17, 15) is 10.0 Å². The van der Waals surface area contributed by atoms with Gasteiger partial charge < -0.3 is 14.8 Å². The average molecular weight is 256 g/mol. The third kappa shape index (κ3) is 3.59. The van der Waals surface area contributed by atoms with Crippen LogP contribution in [0.1, 0.15) is 18.1 Å². The van der Waals surface area contributed by atoms with E-state index in [4.69, 9.17) is 4.74 Å². The van der Waals surface area contributed by atoms with Gasteiger partial charge >= 0.3 is 7.12 Å². The first kappa shape index (κ1) is 13.7. The number of rotatable bonds is 5. The van der Waals surface area contributed by atoms with Gasteiger partial charge in [-0.3, -0.25) is 0 Å². The lowest BCUT2D eigenvalue weighted by Crippen LogP contribution is -2.31. The molecule has 0 atom stereocenters. The van der Waals surface area contributed by atoms with Crippen LogP contribution in [0.15, 0.2) is 48.5 Å². The number of para-hydroxylation sites is 1. The van der Waals surface area contributed by atoms with E-state index in [-0.39, 0.29) is 0 Å². The van der Waals surface area contributed by atoms with Crippen molar-refractivity contribution >= 4 is 12.6 Å². The molecule has 0 bridgehead atoms. The zero-order valence-electron chi connectivity index (χ0n) is 10.9. The zero-order chi connectivity index (χ0) is 13.7. The van der Waals surface area contributed by atoms with E-state index in [1.807, 2.05) is 12.1 Å². The van der Waals surface area contributed by atoms with E-state index < -0.39 is 7.12 Å². The molecule has 0 heterocycles. The summed E-state index contributed by atoms with van der Waals surface area (Å²) in [4.78, 5) is 0. The second-order valence-corrected chi connectivity index (χ2v) is 4.37. The molecule has 4 heteroatoms. The summed E-state index contributed by atoms with van der Waals surface area (Å²) in [5.74, 6) is 0.497. The highest BCUT2D eigenvalue weighted by molar-refractivity contribution is 6.59. The van der Waals surface area contributed by atoms with Crippen LogP contribution in [0, 0.1) is 0 Å². The lowest BCUT2D eigenvalue weighted by Gasteiger charge is -2.11. The van der Waals surface area contributed by atoms with E-state index in [0.717, 1.165) is 12.0 Å². The van der Waals surface area contributed by atoms with Gasteiger partial charge in [0.05, 0.1) is 0 Å². The van der Waals surface area contributed by atoms with Crippen LogP contribution < -0.4 is 10.2 Å². The third-order valence-corrected chi connectivity index (χ3v) is 3.02. The average Bonchev–Trinajstić information content (AvgIpc) is 2.46. The topological polar surface area (TPSA) is 49.7 Å². The number of ether oxygens (including phenoxy) is 1. The number of benzene rings is 2. The predicted octanol–water partition coefficient (Wildman–Crippen LogP) is 1.51. The van der Waals surface area contributed by atoms with Crippen LogP contribution in [0.5, 0.6) is 5.75 Å². The smallest absolute Gasteiger partial charge is 0.489 e. The van der Waals surface area contributed by atoms with Gasteiger partial charge in [-0.15, -0.1) is 0 Å². The van der Waals surface area contributed by atoms with Crippen molar-refractivity contribution in [3.63, 3.8) is 0 Å². The Labute approximate surface area is 113 Å². The van der Waals surface area contributed by atoms with Gasteiger partial charge in [-0.05, 0) is 23.6 Å². The number of hydrogen-bond donors (Lipinski definition) is 2. The first-order valence-corrected chi connectivity index (χ1v) is 6.36. The Morgan fingerprint density at radius 1 is 0.947 bits per heavy atom. The molecule has 2 N–H and O–H groups in total. The van der Waals surface area contributed by atoms with E-state index in [0.29, 0.717) is 17.8 Å². The molecule has 0 spiro atoms. The van der Waals surface area contributed by atoms with Gasteiger partial charge in [-0.1, -0.05) is 49.4 Å². The van der Waals surface area contributed by atoms with E-state index >= 15 is 0 Å². The molecule has 0 unspecified atom stereocenters. The van der Waals surface area contributed by atoms with Gasteiger partial charge in [-0.2, -0.15) is 0 Å². The van der Waals surface area contributed by atoms with Gasteiger partial charge in [0.25, 0.3) is 0 Å².